The molecule has 0 saturated carbocycles. The predicted molar refractivity (Wildman–Crippen MR) is 88.1 cm³/mol. The molecule has 1 heterocycles. The molecule has 0 bridgehead atoms. The second kappa shape index (κ2) is 14.5. The van der Waals surface area contributed by atoms with Gasteiger partial charge in [0.15, 0.2) is 0 Å². The number of carbonyl (C=O) groups is 3. The molecular weight excluding hydrogens is 334 g/mol. The molecule has 1 aliphatic rings. The van der Waals surface area contributed by atoms with E-state index < -0.39 is 5.97 Å². The molecule has 9 nitrogen and oxygen atoms in total. The minimum absolute atomic E-state index is 0. The van der Waals surface area contributed by atoms with Crippen LogP contribution in [-0.4, -0.2) is 87.2 Å². The number of hydrogen-bond acceptors (Lipinski definition) is 7. The van der Waals surface area contributed by atoms with E-state index in [4.69, 9.17) is 24.1 Å². The lowest BCUT2D eigenvalue weighted by Crippen LogP contribution is -2.33. The van der Waals surface area contributed by atoms with Gasteiger partial charge in [0.25, 0.3) is 11.8 Å². The molecule has 1 N–H and O–H groups in total. The van der Waals surface area contributed by atoms with Crippen molar-refractivity contribution in [1.82, 2.24) is 4.90 Å². The maximum Gasteiger partial charge on any atom is 0.305 e. The van der Waals surface area contributed by atoms with Crippen molar-refractivity contribution in [2.24, 2.45) is 0 Å². The van der Waals surface area contributed by atoms with Crippen LogP contribution in [0.1, 0.15) is 13.8 Å². The van der Waals surface area contributed by atoms with Crippen LogP contribution in [0.25, 0.3) is 0 Å². The summed E-state index contributed by atoms with van der Waals surface area (Å²) in [6, 6.07) is 0. The van der Waals surface area contributed by atoms with Gasteiger partial charge in [-0.15, -0.1) is 0 Å². The van der Waals surface area contributed by atoms with Crippen molar-refractivity contribution in [3.63, 3.8) is 0 Å². The summed E-state index contributed by atoms with van der Waals surface area (Å²) in [5.74, 6) is -1.52. The Morgan fingerprint density at radius 1 is 0.800 bits per heavy atom. The van der Waals surface area contributed by atoms with E-state index in [1.807, 2.05) is 0 Å². The Morgan fingerprint density at radius 3 is 1.64 bits per heavy atom. The molecule has 0 aromatic rings. The van der Waals surface area contributed by atoms with Crippen molar-refractivity contribution in [2.45, 2.75) is 13.8 Å². The van der Waals surface area contributed by atoms with E-state index >= 15 is 0 Å². The topological polar surface area (TPSA) is 112 Å². The Morgan fingerprint density at radius 2 is 1.20 bits per heavy atom. The van der Waals surface area contributed by atoms with Crippen LogP contribution < -0.4 is 0 Å². The molecule has 1 rings (SSSR count). The molecule has 144 valence electrons. The highest BCUT2D eigenvalue weighted by Crippen LogP contribution is 2.02. The number of carbonyl (C=O) groups excluding carboxylic acids is 2. The number of ether oxygens (including phenoxy) is 4. The molecule has 2 amide bonds. The van der Waals surface area contributed by atoms with E-state index in [-0.39, 0.29) is 45.4 Å². The number of aliphatic carboxylic acids is 1. The van der Waals surface area contributed by atoms with Gasteiger partial charge in [-0.3, -0.25) is 19.3 Å². The summed E-state index contributed by atoms with van der Waals surface area (Å²) >= 11 is 0. The Labute approximate surface area is 147 Å². The van der Waals surface area contributed by atoms with Crippen molar-refractivity contribution in [3.05, 3.63) is 12.2 Å². The first-order chi connectivity index (χ1) is 11.6. The average Bonchev–Trinajstić information content (AvgIpc) is 2.86. The molecule has 0 unspecified atom stereocenters. The van der Waals surface area contributed by atoms with Gasteiger partial charge in [-0.2, -0.15) is 0 Å². The summed E-state index contributed by atoms with van der Waals surface area (Å²) in [7, 11) is 0. The van der Waals surface area contributed by atoms with Gasteiger partial charge >= 0.3 is 5.97 Å². The number of rotatable bonds is 15. The summed E-state index contributed by atoms with van der Waals surface area (Å²) in [6.45, 7) is 2.97. The molecule has 9 heteroatoms. The molecule has 0 atom stereocenters. The third-order valence-electron chi connectivity index (χ3n) is 2.94. The van der Waals surface area contributed by atoms with Gasteiger partial charge in [0.2, 0.25) is 0 Å². The lowest BCUT2D eigenvalue weighted by Gasteiger charge is -2.13. The molecule has 0 aromatic heterocycles. The fraction of sp³-hybridized carbons (Fsp3) is 0.688. The van der Waals surface area contributed by atoms with Gasteiger partial charge in [-0.1, -0.05) is 7.43 Å². The monoisotopic (exact) mass is 361 g/mol. The van der Waals surface area contributed by atoms with Crippen molar-refractivity contribution in [3.8, 4) is 0 Å². The van der Waals surface area contributed by atoms with Gasteiger partial charge in [0.05, 0.1) is 65.8 Å². The number of carboxylic acid groups (broad SMARTS) is 1. The molecule has 0 aliphatic carbocycles. The largest absolute Gasteiger partial charge is 0.481 e. The maximum absolute atomic E-state index is 11.3. The van der Waals surface area contributed by atoms with Gasteiger partial charge in [-0.25, -0.2) is 0 Å². The van der Waals surface area contributed by atoms with Crippen molar-refractivity contribution < 1.29 is 38.4 Å². The highest BCUT2D eigenvalue weighted by atomic mass is 16.6. The zero-order chi connectivity index (χ0) is 17.6. The first-order valence-electron chi connectivity index (χ1n) is 7.67. The van der Waals surface area contributed by atoms with Crippen molar-refractivity contribution >= 4 is 17.8 Å². The second-order valence-electron chi connectivity index (χ2n) is 4.75. The van der Waals surface area contributed by atoms with Crippen molar-refractivity contribution in [2.75, 3.05) is 59.4 Å². The average molecular weight is 361 g/mol. The molecule has 0 radical (unpaired) electrons. The lowest BCUT2D eigenvalue weighted by atomic mass is 10.5. The SMILES string of the molecule is C.O=C(O)CCOCCOCCOCCOCCN1C(=O)C=CC1=O. The zero-order valence-electron chi connectivity index (χ0n) is 13.5. The standard InChI is InChI=1S/C15H23NO8.CH4/c17-13-1-2-14(18)16(13)4-6-22-8-10-24-12-11-23-9-7-21-5-3-15(19)20;/h1-2H,3-12H2,(H,19,20);1H4. The van der Waals surface area contributed by atoms with Crippen LogP contribution in [0.3, 0.4) is 0 Å². The van der Waals surface area contributed by atoms with E-state index in [0.29, 0.717) is 39.6 Å². The van der Waals surface area contributed by atoms with E-state index in [1.54, 1.807) is 0 Å². The fourth-order valence-corrected chi connectivity index (χ4v) is 1.73. The smallest absolute Gasteiger partial charge is 0.305 e. The first-order valence-corrected chi connectivity index (χ1v) is 7.67. The van der Waals surface area contributed by atoms with Gasteiger partial charge < -0.3 is 24.1 Å². The predicted octanol–water partition coefficient (Wildman–Crippen LogP) is 0.0886. The zero-order valence-corrected chi connectivity index (χ0v) is 13.5. The maximum atomic E-state index is 11.3. The van der Waals surface area contributed by atoms with E-state index in [9.17, 15) is 14.4 Å². The van der Waals surface area contributed by atoms with Crippen molar-refractivity contribution in [1.29, 1.82) is 0 Å². The molecule has 0 saturated heterocycles. The molecule has 0 aromatic carbocycles. The van der Waals surface area contributed by atoms with E-state index in [2.05, 4.69) is 0 Å². The van der Waals surface area contributed by atoms with Crippen LogP contribution in [0.5, 0.6) is 0 Å². The van der Waals surface area contributed by atoms with Crippen LogP contribution in [0.15, 0.2) is 12.2 Å². The minimum Gasteiger partial charge on any atom is -0.481 e. The number of hydrogen-bond donors (Lipinski definition) is 1. The Balaban J connectivity index is 0.00000576. The second-order valence-corrected chi connectivity index (χ2v) is 4.75. The number of imide groups is 1. The molecule has 1 aliphatic heterocycles. The molecule has 25 heavy (non-hydrogen) atoms. The van der Waals surface area contributed by atoms with E-state index in [1.165, 1.54) is 12.2 Å². The van der Waals surface area contributed by atoms with Crippen LogP contribution in [0.4, 0.5) is 0 Å². The molecule has 0 spiro atoms. The molecule has 0 fully saturated rings. The normalized spacial score (nSPS) is 13.4. The Bertz CT molecular complexity index is 420. The fourth-order valence-electron chi connectivity index (χ4n) is 1.73. The summed E-state index contributed by atoms with van der Waals surface area (Å²) in [5.41, 5.74) is 0. The highest BCUT2D eigenvalue weighted by Gasteiger charge is 2.22. The minimum atomic E-state index is -0.887. The summed E-state index contributed by atoms with van der Waals surface area (Å²) in [4.78, 5) is 33.8. The Kier molecular flexibility index (Phi) is 13.5. The number of nitrogens with zero attached hydrogens (tertiary/aromatic N) is 1. The van der Waals surface area contributed by atoms with Crippen LogP contribution >= 0.6 is 0 Å². The summed E-state index contributed by atoms with van der Waals surface area (Å²) in [6.07, 6.45) is 2.46. The lowest BCUT2D eigenvalue weighted by molar-refractivity contribution is -0.139. The molecular formula is C16H27NO8. The summed E-state index contributed by atoms with van der Waals surface area (Å²) < 4.78 is 20.8. The number of carboxylic acids is 1. The highest BCUT2D eigenvalue weighted by molar-refractivity contribution is 6.12. The van der Waals surface area contributed by atoms with Gasteiger partial charge in [0.1, 0.15) is 0 Å². The van der Waals surface area contributed by atoms with E-state index in [0.717, 1.165) is 4.90 Å². The number of amides is 2. The third-order valence-corrected chi connectivity index (χ3v) is 2.94. The van der Waals surface area contributed by atoms with Crippen LogP contribution in [-0.2, 0) is 33.3 Å². The van der Waals surface area contributed by atoms with Gasteiger partial charge in [0, 0.05) is 12.2 Å². The Hall–Kier alpha value is -1.81. The summed E-state index contributed by atoms with van der Waals surface area (Å²) in [5, 5.41) is 8.40. The van der Waals surface area contributed by atoms with Gasteiger partial charge in [-0.05, 0) is 0 Å². The first kappa shape index (κ1) is 23.2. The third kappa shape index (κ3) is 11.4. The quantitative estimate of drug-likeness (QED) is 0.323. The van der Waals surface area contributed by atoms with Crippen LogP contribution in [0.2, 0.25) is 0 Å². The van der Waals surface area contributed by atoms with Crippen LogP contribution in [0, 0.1) is 0 Å².